The Kier molecular flexibility index (Phi) is 7.06. The first-order valence-electron chi connectivity index (χ1n) is 7.20. The van der Waals surface area contributed by atoms with Crippen LogP contribution >= 0.6 is 0 Å². The maximum Gasteiger partial charge on any atom is 0.00979 e. The average molecular weight is 226 g/mol. The van der Waals surface area contributed by atoms with Gasteiger partial charge in [-0.05, 0) is 52.7 Å². The SMILES string of the molecule is CCN(C(C)CCCNC)C1CCCCC1. The van der Waals surface area contributed by atoms with E-state index in [9.17, 15) is 0 Å². The lowest BCUT2D eigenvalue weighted by atomic mass is 9.92. The molecule has 0 aromatic heterocycles. The van der Waals surface area contributed by atoms with Crippen LogP contribution in [0.3, 0.4) is 0 Å². The number of rotatable bonds is 7. The minimum atomic E-state index is 0.765. The summed E-state index contributed by atoms with van der Waals surface area (Å²) in [5.74, 6) is 0. The number of nitrogens with one attached hydrogen (secondary N) is 1. The largest absolute Gasteiger partial charge is 0.320 e. The molecule has 1 atom stereocenters. The summed E-state index contributed by atoms with van der Waals surface area (Å²) in [6, 6.07) is 1.64. The second-order valence-corrected chi connectivity index (χ2v) is 5.22. The van der Waals surface area contributed by atoms with Crippen LogP contribution < -0.4 is 5.32 Å². The third-order valence-electron chi connectivity index (χ3n) is 4.02. The molecule has 1 aliphatic rings. The summed E-state index contributed by atoms with van der Waals surface area (Å²) in [4.78, 5) is 2.74. The minimum Gasteiger partial charge on any atom is -0.320 e. The minimum absolute atomic E-state index is 0.765. The smallest absolute Gasteiger partial charge is 0.00979 e. The third-order valence-corrected chi connectivity index (χ3v) is 4.02. The number of hydrogen-bond acceptors (Lipinski definition) is 2. The van der Waals surface area contributed by atoms with Gasteiger partial charge in [0.25, 0.3) is 0 Å². The van der Waals surface area contributed by atoms with Crippen molar-refractivity contribution in [1.29, 1.82) is 0 Å². The molecule has 0 amide bonds. The molecule has 1 aliphatic carbocycles. The fraction of sp³-hybridized carbons (Fsp3) is 1.00. The van der Waals surface area contributed by atoms with Gasteiger partial charge in [-0.1, -0.05) is 26.2 Å². The molecule has 2 nitrogen and oxygen atoms in total. The maximum atomic E-state index is 3.24. The van der Waals surface area contributed by atoms with Crippen molar-refractivity contribution < 1.29 is 0 Å². The van der Waals surface area contributed by atoms with Crippen molar-refractivity contribution >= 4 is 0 Å². The van der Waals surface area contributed by atoms with Crippen LogP contribution in [0.25, 0.3) is 0 Å². The van der Waals surface area contributed by atoms with Crippen molar-refractivity contribution in [3.63, 3.8) is 0 Å². The van der Waals surface area contributed by atoms with Gasteiger partial charge >= 0.3 is 0 Å². The highest BCUT2D eigenvalue weighted by molar-refractivity contribution is 4.79. The number of hydrogen-bond donors (Lipinski definition) is 1. The second-order valence-electron chi connectivity index (χ2n) is 5.22. The Balaban J connectivity index is 2.32. The van der Waals surface area contributed by atoms with Crippen molar-refractivity contribution in [1.82, 2.24) is 10.2 Å². The predicted octanol–water partition coefficient (Wildman–Crippen LogP) is 3.03. The topological polar surface area (TPSA) is 15.3 Å². The monoisotopic (exact) mass is 226 g/mol. The van der Waals surface area contributed by atoms with Gasteiger partial charge in [-0.2, -0.15) is 0 Å². The van der Waals surface area contributed by atoms with Crippen molar-refractivity contribution in [3.8, 4) is 0 Å². The van der Waals surface area contributed by atoms with Gasteiger partial charge in [0.1, 0.15) is 0 Å². The first kappa shape index (κ1) is 14.0. The van der Waals surface area contributed by atoms with E-state index in [4.69, 9.17) is 0 Å². The van der Waals surface area contributed by atoms with E-state index in [0.717, 1.165) is 18.6 Å². The van der Waals surface area contributed by atoms with E-state index in [1.165, 1.54) is 51.5 Å². The van der Waals surface area contributed by atoms with Gasteiger partial charge in [0.2, 0.25) is 0 Å². The molecule has 0 bridgehead atoms. The fourth-order valence-corrected chi connectivity index (χ4v) is 3.08. The molecule has 1 N–H and O–H groups in total. The van der Waals surface area contributed by atoms with Crippen molar-refractivity contribution in [3.05, 3.63) is 0 Å². The molecule has 1 unspecified atom stereocenters. The van der Waals surface area contributed by atoms with Crippen molar-refractivity contribution in [2.45, 2.75) is 70.9 Å². The molecule has 0 heterocycles. The molecule has 0 spiro atoms. The highest BCUT2D eigenvalue weighted by Crippen LogP contribution is 2.24. The Hall–Kier alpha value is -0.0800. The van der Waals surface area contributed by atoms with Crippen LogP contribution in [0.15, 0.2) is 0 Å². The molecule has 0 saturated heterocycles. The van der Waals surface area contributed by atoms with Gasteiger partial charge < -0.3 is 5.32 Å². The molecule has 0 aromatic carbocycles. The zero-order valence-corrected chi connectivity index (χ0v) is 11.5. The molecule has 96 valence electrons. The van der Waals surface area contributed by atoms with E-state index in [1.54, 1.807) is 0 Å². The Labute approximate surface area is 102 Å². The standard InChI is InChI=1S/C14H30N2/c1-4-16(13(2)9-8-12-15-3)14-10-6-5-7-11-14/h13-15H,4-12H2,1-3H3. The highest BCUT2D eigenvalue weighted by atomic mass is 15.2. The van der Waals surface area contributed by atoms with Crippen molar-refractivity contribution in [2.24, 2.45) is 0 Å². The number of nitrogens with zero attached hydrogens (tertiary/aromatic N) is 1. The normalized spacial score (nSPS) is 20.2. The zero-order valence-electron chi connectivity index (χ0n) is 11.5. The van der Waals surface area contributed by atoms with E-state index in [0.29, 0.717) is 0 Å². The van der Waals surface area contributed by atoms with Crippen LogP contribution in [0.5, 0.6) is 0 Å². The van der Waals surface area contributed by atoms with Crippen LogP contribution in [0, 0.1) is 0 Å². The van der Waals surface area contributed by atoms with E-state index in [-0.39, 0.29) is 0 Å². The van der Waals surface area contributed by atoms with Gasteiger partial charge in [0.15, 0.2) is 0 Å². The Morgan fingerprint density at radius 3 is 2.50 bits per heavy atom. The molecule has 0 aliphatic heterocycles. The summed E-state index contributed by atoms with van der Waals surface area (Å²) in [7, 11) is 2.05. The third kappa shape index (κ3) is 4.42. The summed E-state index contributed by atoms with van der Waals surface area (Å²) >= 11 is 0. The summed E-state index contributed by atoms with van der Waals surface area (Å²) in [5, 5.41) is 3.24. The molecule has 1 saturated carbocycles. The Morgan fingerprint density at radius 1 is 1.25 bits per heavy atom. The quantitative estimate of drug-likeness (QED) is 0.671. The van der Waals surface area contributed by atoms with Gasteiger partial charge in [0.05, 0.1) is 0 Å². The lowest BCUT2D eigenvalue weighted by Gasteiger charge is -2.38. The molecule has 0 aromatic rings. The van der Waals surface area contributed by atoms with E-state index >= 15 is 0 Å². The summed E-state index contributed by atoms with van der Waals surface area (Å²) < 4.78 is 0. The Bertz CT molecular complexity index is 164. The lowest BCUT2D eigenvalue weighted by Crippen LogP contribution is -2.42. The maximum absolute atomic E-state index is 3.24. The molecular weight excluding hydrogens is 196 g/mol. The molecule has 1 rings (SSSR count). The van der Waals surface area contributed by atoms with E-state index in [2.05, 4.69) is 24.1 Å². The first-order chi connectivity index (χ1) is 7.79. The molecule has 0 radical (unpaired) electrons. The average Bonchev–Trinajstić information content (AvgIpc) is 2.32. The second kappa shape index (κ2) is 8.08. The van der Waals surface area contributed by atoms with Crippen LogP contribution in [0.2, 0.25) is 0 Å². The van der Waals surface area contributed by atoms with Crippen LogP contribution in [0.4, 0.5) is 0 Å². The van der Waals surface area contributed by atoms with E-state index < -0.39 is 0 Å². The highest BCUT2D eigenvalue weighted by Gasteiger charge is 2.23. The van der Waals surface area contributed by atoms with Gasteiger partial charge in [-0.15, -0.1) is 0 Å². The van der Waals surface area contributed by atoms with Gasteiger partial charge in [-0.25, -0.2) is 0 Å². The van der Waals surface area contributed by atoms with Gasteiger partial charge in [0, 0.05) is 12.1 Å². The molecule has 1 fully saturated rings. The molecule has 16 heavy (non-hydrogen) atoms. The van der Waals surface area contributed by atoms with Crippen LogP contribution in [0.1, 0.15) is 58.8 Å². The lowest BCUT2D eigenvalue weighted by molar-refractivity contribution is 0.113. The van der Waals surface area contributed by atoms with Crippen LogP contribution in [-0.4, -0.2) is 37.1 Å². The zero-order chi connectivity index (χ0) is 11.8. The molecular formula is C14H30N2. The molecule has 2 heteroatoms. The first-order valence-corrected chi connectivity index (χ1v) is 7.20. The summed E-state index contributed by atoms with van der Waals surface area (Å²) in [6.07, 6.45) is 9.87. The van der Waals surface area contributed by atoms with Crippen molar-refractivity contribution in [2.75, 3.05) is 20.1 Å². The Morgan fingerprint density at radius 2 is 1.94 bits per heavy atom. The summed E-state index contributed by atoms with van der Waals surface area (Å²) in [6.45, 7) is 7.12. The van der Waals surface area contributed by atoms with E-state index in [1.807, 2.05) is 7.05 Å². The fourth-order valence-electron chi connectivity index (χ4n) is 3.08. The van der Waals surface area contributed by atoms with Crippen LogP contribution in [-0.2, 0) is 0 Å². The summed E-state index contributed by atoms with van der Waals surface area (Å²) in [5.41, 5.74) is 0. The van der Waals surface area contributed by atoms with Gasteiger partial charge in [-0.3, -0.25) is 4.90 Å². The predicted molar refractivity (Wildman–Crippen MR) is 71.9 cm³/mol.